The third-order valence-corrected chi connectivity index (χ3v) is 4.25. The molecule has 1 heterocycles. The van der Waals surface area contributed by atoms with Crippen molar-refractivity contribution in [1.29, 1.82) is 0 Å². The number of rotatable bonds is 7. The Kier molecular flexibility index (Phi) is 5.30. The number of carboxylic acids is 1. The molecule has 0 spiro atoms. The van der Waals surface area contributed by atoms with Gasteiger partial charge in [-0.1, -0.05) is 25.1 Å². The van der Waals surface area contributed by atoms with Gasteiger partial charge in [0, 0.05) is 17.8 Å². The fourth-order valence-corrected chi connectivity index (χ4v) is 3.14. The van der Waals surface area contributed by atoms with Crippen molar-refractivity contribution in [2.75, 3.05) is 13.1 Å². The average Bonchev–Trinajstić information content (AvgIpc) is 2.84. The molecule has 112 valence electrons. The molecule has 6 heteroatoms. The molecule has 5 nitrogen and oxygen atoms in total. The molecule has 0 aliphatic heterocycles. The fraction of sp³-hybridized carbons (Fsp3) is 0.333. The summed E-state index contributed by atoms with van der Waals surface area (Å²) >= 11 is 1.26. The van der Waals surface area contributed by atoms with Crippen LogP contribution in [0, 0.1) is 0 Å². The van der Waals surface area contributed by atoms with Crippen LogP contribution in [-0.2, 0) is 11.3 Å². The highest BCUT2D eigenvalue weighted by Gasteiger charge is 2.17. The number of fused-ring (bicyclic) bond motifs is 1. The van der Waals surface area contributed by atoms with E-state index in [1.54, 1.807) is 0 Å². The number of amides is 1. The Morgan fingerprint density at radius 2 is 2.05 bits per heavy atom. The monoisotopic (exact) mass is 306 g/mol. The van der Waals surface area contributed by atoms with E-state index in [2.05, 4.69) is 10.6 Å². The topological polar surface area (TPSA) is 78.4 Å². The molecule has 0 radical (unpaired) electrons. The van der Waals surface area contributed by atoms with Crippen molar-refractivity contribution in [3.8, 4) is 0 Å². The summed E-state index contributed by atoms with van der Waals surface area (Å²) in [5, 5.41) is 16.0. The molecule has 0 aliphatic carbocycles. The second kappa shape index (κ2) is 7.19. The van der Waals surface area contributed by atoms with Crippen molar-refractivity contribution >= 4 is 33.3 Å². The molecule has 1 aromatic carbocycles. The van der Waals surface area contributed by atoms with E-state index < -0.39 is 5.97 Å². The zero-order valence-corrected chi connectivity index (χ0v) is 12.6. The standard InChI is InChI=1S/C15H18N2O3S/c1-2-7-17-13(18)9-16-8-11-10-5-3-4-6-12(10)21-14(11)15(19)20/h3-6,16H,2,7-9H2,1H3,(H,17,18)(H,19,20). The van der Waals surface area contributed by atoms with Crippen molar-refractivity contribution < 1.29 is 14.7 Å². The number of aromatic carboxylic acids is 1. The number of thiophene rings is 1. The van der Waals surface area contributed by atoms with Crippen LogP contribution in [0.2, 0.25) is 0 Å². The fourth-order valence-electron chi connectivity index (χ4n) is 2.08. The average molecular weight is 306 g/mol. The van der Waals surface area contributed by atoms with Gasteiger partial charge in [-0.15, -0.1) is 11.3 Å². The largest absolute Gasteiger partial charge is 0.477 e. The van der Waals surface area contributed by atoms with E-state index in [1.165, 1.54) is 11.3 Å². The predicted octanol–water partition coefficient (Wildman–Crippen LogP) is 2.22. The minimum atomic E-state index is -0.927. The summed E-state index contributed by atoms with van der Waals surface area (Å²) in [5.74, 6) is -1.00. The van der Waals surface area contributed by atoms with Gasteiger partial charge in [-0.3, -0.25) is 4.79 Å². The maximum atomic E-state index is 11.5. The lowest BCUT2D eigenvalue weighted by molar-refractivity contribution is -0.120. The molecular weight excluding hydrogens is 288 g/mol. The zero-order valence-electron chi connectivity index (χ0n) is 11.8. The molecular formula is C15H18N2O3S. The van der Waals surface area contributed by atoms with E-state index in [9.17, 15) is 14.7 Å². The quantitative estimate of drug-likeness (QED) is 0.733. The minimum absolute atomic E-state index is 0.0757. The van der Waals surface area contributed by atoms with Crippen molar-refractivity contribution in [3.63, 3.8) is 0 Å². The van der Waals surface area contributed by atoms with Crippen LogP contribution in [0.3, 0.4) is 0 Å². The van der Waals surface area contributed by atoms with Crippen LogP contribution in [0.25, 0.3) is 10.1 Å². The van der Waals surface area contributed by atoms with Gasteiger partial charge in [-0.25, -0.2) is 4.79 Å². The van der Waals surface area contributed by atoms with Crippen LogP contribution in [-0.4, -0.2) is 30.1 Å². The highest BCUT2D eigenvalue weighted by Crippen LogP contribution is 2.31. The third kappa shape index (κ3) is 3.80. The van der Waals surface area contributed by atoms with Crippen molar-refractivity contribution in [2.24, 2.45) is 0 Å². The summed E-state index contributed by atoms with van der Waals surface area (Å²) in [4.78, 5) is 23.2. The molecule has 2 aromatic rings. The summed E-state index contributed by atoms with van der Waals surface area (Å²) in [5.41, 5.74) is 0.742. The highest BCUT2D eigenvalue weighted by atomic mass is 32.1. The zero-order chi connectivity index (χ0) is 15.2. The summed E-state index contributed by atoms with van der Waals surface area (Å²) in [6.45, 7) is 3.20. The Hall–Kier alpha value is -1.92. The second-order valence-corrected chi connectivity index (χ2v) is 5.72. The van der Waals surface area contributed by atoms with Crippen LogP contribution in [0.4, 0.5) is 0 Å². The van der Waals surface area contributed by atoms with Crippen LogP contribution < -0.4 is 10.6 Å². The van der Waals surface area contributed by atoms with Crippen molar-refractivity contribution in [2.45, 2.75) is 19.9 Å². The van der Waals surface area contributed by atoms with Gasteiger partial charge < -0.3 is 15.7 Å². The summed E-state index contributed by atoms with van der Waals surface area (Å²) < 4.78 is 0.946. The molecule has 3 N–H and O–H groups in total. The Morgan fingerprint density at radius 1 is 1.29 bits per heavy atom. The molecule has 0 bridgehead atoms. The van der Waals surface area contributed by atoms with Gasteiger partial charge in [0.05, 0.1) is 6.54 Å². The minimum Gasteiger partial charge on any atom is -0.477 e. The number of benzene rings is 1. The van der Waals surface area contributed by atoms with Gasteiger partial charge >= 0.3 is 5.97 Å². The van der Waals surface area contributed by atoms with Gasteiger partial charge in [-0.05, 0) is 23.4 Å². The number of nitrogens with one attached hydrogen (secondary N) is 2. The molecule has 0 saturated heterocycles. The lowest BCUT2D eigenvalue weighted by Crippen LogP contribution is -2.34. The lowest BCUT2D eigenvalue weighted by atomic mass is 10.1. The summed E-state index contributed by atoms with van der Waals surface area (Å²) in [7, 11) is 0. The Balaban J connectivity index is 2.08. The number of carbonyl (C=O) groups excluding carboxylic acids is 1. The third-order valence-electron chi connectivity index (χ3n) is 3.05. The maximum absolute atomic E-state index is 11.5. The van der Waals surface area contributed by atoms with Gasteiger partial charge in [0.25, 0.3) is 0 Å². The van der Waals surface area contributed by atoms with Crippen LogP contribution in [0.1, 0.15) is 28.6 Å². The van der Waals surface area contributed by atoms with Crippen LogP contribution >= 0.6 is 11.3 Å². The van der Waals surface area contributed by atoms with Gasteiger partial charge in [-0.2, -0.15) is 0 Å². The van der Waals surface area contributed by atoms with E-state index >= 15 is 0 Å². The number of hydrogen-bond donors (Lipinski definition) is 3. The first-order valence-electron chi connectivity index (χ1n) is 6.84. The first kappa shape index (κ1) is 15.5. The van der Waals surface area contributed by atoms with Gasteiger partial charge in [0.1, 0.15) is 4.88 Å². The van der Waals surface area contributed by atoms with Crippen molar-refractivity contribution in [1.82, 2.24) is 10.6 Å². The predicted molar refractivity (Wildman–Crippen MR) is 83.8 cm³/mol. The maximum Gasteiger partial charge on any atom is 0.346 e. The number of carbonyl (C=O) groups is 2. The molecule has 0 saturated carbocycles. The van der Waals surface area contributed by atoms with E-state index in [0.717, 1.165) is 22.1 Å². The van der Waals surface area contributed by atoms with Crippen LogP contribution in [0.15, 0.2) is 24.3 Å². The van der Waals surface area contributed by atoms with E-state index in [4.69, 9.17) is 0 Å². The number of carboxylic acid groups (broad SMARTS) is 1. The first-order chi connectivity index (χ1) is 10.1. The van der Waals surface area contributed by atoms with E-state index in [0.29, 0.717) is 18.0 Å². The Bertz CT molecular complexity index is 651. The molecule has 0 fully saturated rings. The Labute approximate surface area is 127 Å². The lowest BCUT2D eigenvalue weighted by Gasteiger charge is -2.06. The molecule has 21 heavy (non-hydrogen) atoms. The summed E-state index contributed by atoms with van der Waals surface area (Å²) in [6, 6.07) is 7.59. The molecule has 0 unspecified atom stereocenters. The van der Waals surface area contributed by atoms with E-state index in [1.807, 2.05) is 31.2 Å². The summed E-state index contributed by atoms with van der Waals surface area (Å²) in [6.07, 6.45) is 0.893. The smallest absolute Gasteiger partial charge is 0.346 e. The second-order valence-electron chi connectivity index (χ2n) is 4.66. The molecule has 2 rings (SSSR count). The van der Waals surface area contributed by atoms with E-state index in [-0.39, 0.29) is 12.5 Å². The normalized spacial score (nSPS) is 10.7. The molecule has 1 amide bonds. The SMILES string of the molecule is CCCNC(=O)CNCc1c(C(=O)O)sc2ccccc12. The van der Waals surface area contributed by atoms with Crippen LogP contribution in [0.5, 0.6) is 0 Å². The van der Waals surface area contributed by atoms with Gasteiger partial charge in [0.2, 0.25) is 5.91 Å². The van der Waals surface area contributed by atoms with Gasteiger partial charge in [0.15, 0.2) is 0 Å². The highest BCUT2D eigenvalue weighted by molar-refractivity contribution is 7.21. The first-order valence-corrected chi connectivity index (χ1v) is 7.66. The molecule has 0 atom stereocenters. The van der Waals surface area contributed by atoms with Crippen molar-refractivity contribution in [3.05, 3.63) is 34.7 Å². The molecule has 1 aromatic heterocycles. The number of hydrogen-bond acceptors (Lipinski definition) is 4. The molecule has 0 aliphatic rings. The Morgan fingerprint density at radius 3 is 2.76 bits per heavy atom.